The fourth-order valence-electron chi connectivity index (χ4n) is 3.99. The van der Waals surface area contributed by atoms with Crippen LogP contribution in [0.5, 0.6) is 11.5 Å². The Bertz CT molecular complexity index is 1190. The topological polar surface area (TPSA) is 106 Å². The predicted octanol–water partition coefficient (Wildman–Crippen LogP) is 4.72. The minimum Gasteiger partial charge on any atom is -0.497 e. The molecule has 1 amide bonds. The Morgan fingerprint density at radius 2 is 1.67 bits per heavy atom. The normalized spacial score (nSPS) is 14.4. The largest absolute Gasteiger partial charge is 0.497 e. The summed E-state index contributed by atoms with van der Waals surface area (Å²) in [5.41, 5.74) is 0.495. The van der Waals surface area contributed by atoms with Crippen molar-refractivity contribution in [2.45, 2.75) is 62.8 Å². The molecule has 0 heterocycles. The van der Waals surface area contributed by atoms with Gasteiger partial charge in [0.05, 0.1) is 30.8 Å². The molecule has 0 aliphatic carbocycles. The van der Waals surface area contributed by atoms with Gasteiger partial charge in [-0.1, -0.05) is 32.9 Å². The Balaban J connectivity index is 2.21. The highest BCUT2D eigenvalue weighted by molar-refractivity contribution is 7.90. The zero-order chi connectivity index (χ0) is 29.4. The molecule has 0 bridgehead atoms. The van der Waals surface area contributed by atoms with Gasteiger partial charge >= 0.3 is 6.18 Å². The maximum Gasteiger partial charge on any atom is 0.407 e. The standard InChI is InChI=1S/C27H38F3N3O5S/c1-7-19(16-31-22-13-10-20(37-4)15-24(22)38-5)32-26(34)23(14-17(2)3)33-25(27(28,29)30)18-8-11-21(12-9-18)39(6,35)36/h8-13,15,17,19,23,25,31,33H,7,14,16H2,1-6H3,(H,32,34)/t19-,23-,25-/m0/s1. The molecule has 3 N–H and O–H groups in total. The second-order valence-corrected chi connectivity index (χ2v) is 11.7. The number of carbonyl (C=O) groups excluding carboxylic acids is 1. The first-order valence-corrected chi connectivity index (χ1v) is 14.5. The van der Waals surface area contributed by atoms with E-state index in [1.807, 2.05) is 20.8 Å². The first kappa shape index (κ1) is 32.2. The molecule has 0 radical (unpaired) electrons. The van der Waals surface area contributed by atoms with Crippen molar-refractivity contribution in [2.24, 2.45) is 5.92 Å². The van der Waals surface area contributed by atoms with Gasteiger partial charge in [0.1, 0.15) is 17.5 Å². The minimum absolute atomic E-state index is 0.0727. The summed E-state index contributed by atoms with van der Waals surface area (Å²) in [5, 5.41) is 8.57. The SMILES string of the molecule is CC[C@@H](CNc1ccc(OC)cc1OC)NC(=O)[C@H](CC(C)C)N[C@@H](c1ccc(S(C)(=O)=O)cc1)C(F)(F)F. The van der Waals surface area contributed by atoms with E-state index in [9.17, 15) is 26.4 Å². The molecule has 0 unspecified atom stereocenters. The number of ether oxygens (including phenoxy) is 2. The van der Waals surface area contributed by atoms with Gasteiger partial charge in [0.15, 0.2) is 9.84 Å². The number of nitrogens with one attached hydrogen (secondary N) is 3. The van der Waals surface area contributed by atoms with Gasteiger partial charge in [-0.05, 0) is 48.6 Å². The maximum atomic E-state index is 14.1. The third kappa shape index (κ3) is 9.61. The first-order valence-electron chi connectivity index (χ1n) is 12.6. The minimum atomic E-state index is -4.72. The number of hydrogen-bond acceptors (Lipinski definition) is 7. The van der Waals surface area contributed by atoms with Crippen molar-refractivity contribution in [1.29, 1.82) is 0 Å². The predicted molar refractivity (Wildman–Crippen MR) is 145 cm³/mol. The van der Waals surface area contributed by atoms with Crippen molar-refractivity contribution in [3.8, 4) is 11.5 Å². The number of benzene rings is 2. The lowest BCUT2D eigenvalue weighted by molar-refractivity contribution is -0.161. The van der Waals surface area contributed by atoms with Crippen LogP contribution in [0.1, 0.15) is 45.2 Å². The van der Waals surface area contributed by atoms with Crippen LogP contribution in [0.4, 0.5) is 18.9 Å². The van der Waals surface area contributed by atoms with Gasteiger partial charge in [-0.25, -0.2) is 8.42 Å². The van der Waals surface area contributed by atoms with Crippen molar-refractivity contribution in [3.63, 3.8) is 0 Å². The van der Waals surface area contributed by atoms with Crippen molar-refractivity contribution in [2.75, 3.05) is 32.3 Å². The van der Waals surface area contributed by atoms with E-state index < -0.39 is 34.0 Å². The molecule has 0 fully saturated rings. The fourth-order valence-corrected chi connectivity index (χ4v) is 4.62. The summed E-state index contributed by atoms with van der Waals surface area (Å²) in [6.45, 7) is 5.82. The van der Waals surface area contributed by atoms with Gasteiger partial charge < -0.3 is 20.1 Å². The van der Waals surface area contributed by atoms with Gasteiger partial charge in [0, 0.05) is 24.9 Å². The molecule has 2 aromatic carbocycles. The average Bonchev–Trinajstić information content (AvgIpc) is 2.87. The number of alkyl halides is 3. The second-order valence-electron chi connectivity index (χ2n) is 9.73. The summed E-state index contributed by atoms with van der Waals surface area (Å²) in [5.74, 6) is 0.535. The summed E-state index contributed by atoms with van der Waals surface area (Å²) in [7, 11) is -0.506. The Kier molecular flexibility index (Phi) is 11.5. The van der Waals surface area contributed by atoms with Crippen LogP contribution >= 0.6 is 0 Å². The van der Waals surface area contributed by atoms with E-state index in [-0.39, 0.29) is 28.8 Å². The average molecular weight is 574 g/mol. The highest BCUT2D eigenvalue weighted by Crippen LogP contribution is 2.34. The van der Waals surface area contributed by atoms with Crippen LogP contribution in [0.2, 0.25) is 0 Å². The summed E-state index contributed by atoms with van der Waals surface area (Å²) in [4.78, 5) is 13.2. The van der Waals surface area contributed by atoms with E-state index in [1.54, 1.807) is 25.3 Å². The summed E-state index contributed by atoms with van der Waals surface area (Å²) >= 11 is 0. The van der Waals surface area contributed by atoms with Crippen molar-refractivity contribution < 1.29 is 35.9 Å². The molecule has 3 atom stereocenters. The second kappa shape index (κ2) is 13.9. The van der Waals surface area contributed by atoms with Crippen molar-refractivity contribution >= 4 is 21.4 Å². The molecule has 0 spiro atoms. The summed E-state index contributed by atoms with van der Waals surface area (Å²) in [6.07, 6.45) is -3.05. The molecule has 218 valence electrons. The van der Waals surface area contributed by atoms with Gasteiger partial charge in [-0.2, -0.15) is 13.2 Å². The van der Waals surface area contributed by atoms with Crippen LogP contribution in [0, 0.1) is 5.92 Å². The number of anilines is 1. The molecule has 0 aliphatic rings. The molecule has 0 saturated carbocycles. The van der Waals surface area contributed by atoms with Crippen LogP contribution in [0.15, 0.2) is 47.4 Å². The number of halogens is 3. The third-order valence-electron chi connectivity index (χ3n) is 6.15. The molecule has 12 heteroatoms. The lowest BCUT2D eigenvalue weighted by Gasteiger charge is -2.30. The smallest absolute Gasteiger partial charge is 0.407 e. The number of methoxy groups -OCH3 is 2. The van der Waals surface area contributed by atoms with E-state index >= 15 is 0 Å². The number of rotatable bonds is 14. The van der Waals surface area contributed by atoms with Gasteiger partial charge in [0.25, 0.3) is 0 Å². The molecule has 2 aromatic rings. The fraction of sp³-hybridized carbons (Fsp3) is 0.519. The van der Waals surface area contributed by atoms with Crippen LogP contribution in [0.3, 0.4) is 0 Å². The Labute approximate surface area is 228 Å². The highest BCUT2D eigenvalue weighted by atomic mass is 32.2. The van der Waals surface area contributed by atoms with E-state index in [0.717, 1.165) is 30.5 Å². The van der Waals surface area contributed by atoms with Crippen molar-refractivity contribution in [1.82, 2.24) is 10.6 Å². The lowest BCUT2D eigenvalue weighted by Crippen LogP contribution is -2.52. The van der Waals surface area contributed by atoms with Gasteiger partial charge in [-0.3, -0.25) is 10.1 Å². The number of hydrogen-bond donors (Lipinski definition) is 3. The lowest BCUT2D eigenvalue weighted by atomic mass is 9.99. The van der Waals surface area contributed by atoms with Crippen LogP contribution in [0.25, 0.3) is 0 Å². The number of carbonyl (C=O) groups is 1. The van der Waals surface area contributed by atoms with Gasteiger partial charge in [0.2, 0.25) is 5.91 Å². The molecule has 0 saturated heterocycles. The number of amides is 1. The Morgan fingerprint density at radius 3 is 2.15 bits per heavy atom. The van der Waals surface area contributed by atoms with Crippen LogP contribution in [-0.4, -0.2) is 59.6 Å². The van der Waals surface area contributed by atoms with E-state index in [4.69, 9.17) is 9.47 Å². The maximum absolute atomic E-state index is 14.1. The zero-order valence-corrected chi connectivity index (χ0v) is 23.9. The third-order valence-corrected chi connectivity index (χ3v) is 7.28. The van der Waals surface area contributed by atoms with Crippen LogP contribution < -0.4 is 25.4 Å². The van der Waals surface area contributed by atoms with Crippen LogP contribution in [-0.2, 0) is 14.6 Å². The molecule has 0 aliphatic heterocycles. The van der Waals surface area contributed by atoms with Crippen molar-refractivity contribution in [3.05, 3.63) is 48.0 Å². The summed E-state index contributed by atoms with van der Waals surface area (Å²) in [6, 6.07) is 6.07. The first-order chi connectivity index (χ1) is 18.2. The van der Waals surface area contributed by atoms with E-state index in [2.05, 4.69) is 16.0 Å². The zero-order valence-electron chi connectivity index (χ0n) is 23.1. The summed E-state index contributed by atoms with van der Waals surface area (Å²) < 4.78 is 76.4. The quantitative estimate of drug-likeness (QED) is 0.300. The number of sulfone groups is 1. The molecule has 2 rings (SSSR count). The molecule has 8 nitrogen and oxygen atoms in total. The molecular weight excluding hydrogens is 535 g/mol. The highest BCUT2D eigenvalue weighted by Gasteiger charge is 2.43. The Morgan fingerprint density at radius 1 is 1.03 bits per heavy atom. The van der Waals surface area contributed by atoms with Gasteiger partial charge in [-0.15, -0.1) is 0 Å². The van der Waals surface area contributed by atoms with E-state index in [1.165, 1.54) is 7.11 Å². The molecule has 39 heavy (non-hydrogen) atoms. The monoisotopic (exact) mass is 573 g/mol. The van der Waals surface area contributed by atoms with E-state index in [0.29, 0.717) is 30.2 Å². The molecular formula is C27H38F3N3O5S. The molecule has 0 aromatic heterocycles. The Hall–Kier alpha value is -2.99.